The van der Waals surface area contributed by atoms with Crippen molar-refractivity contribution in [2.45, 2.75) is 153 Å². The van der Waals surface area contributed by atoms with Gasteiger partial charge in [-0.1, -0.05) is 76.2 Å². The number of benzene rings is 2. The van der Waals surface area contributed by atoms with Crippen molar-refractivity contribution < 1.29 is 34.3 Å². The Morgan fingerprint density at radius 2 is 1.81 bits per heavy atom. The fourth-order valence-corrected chi connectivity index (χ4v) is 14.1. The van der Waals surface area contributed by atoms with Gasteiger partial charge in [0.2, 0.25) is 5.96 Å². The summed E-state index contributed by atoms with van der Waals surface area (Å²) >= 11 is 0. The fourth-order valence-electron chi connectivity index (χ4n) is 14.1. The van der Waals surface area contributed by atoms with E-state index in [2.05, 4.69) is 77.1 Å². The molecular weight excluding hydrogens is 853 g/mol. The number of likely N-dealkylation sites (N-methyl/N-ethyl adjacent to an activating group) is 1. The van der Waals surface area contributed by atoms with Gasteiger partial charge in [-0.2, -0.15) is 0 Å². The molecular formula is C57H80N4O7. The van der Waals surface area contributed by atoms with Crippen molar-refractivity contribution >= 4 is 17.4 Å². The van der Waals surface area contributed by atoms with Gasteiger partial charge in [0.1, 0.15) is 5.60 Å². The summed E-state index contributed by atoms with van der Waals surface area (Å²) in [6.45, 7) is 5.62. The molecule has 2 aromatic carbocycles. The van der Waals surface area contributed by atoms with Crippen LogP contribution < -0.4 is 25.4 Å². The molecule has 4 fully saturated rings. The summed E-state index contributed by atoms with van der Waals surface area (Å²) in [5.41, 5.74) is 0.971. The van der Waals surface area contributed by atoms with E-state index in [4.69, 9.17) is 14.2 Å². The van der Waals surface area contributed by atoms with Crippen molar-refractivity contribution in [2.75, 3.05) is 39.7 Å². The maximum atomic E-state index is 15.5. The molecule has 2 aromatic rings. The van der Waals surface area contributed by atoms with E-state index in [0.717, 1.165) is 101 Å². The minimum atomic E-state index is -0.819. The number of aromatic hydroxyl groups is 2. The molecule has 11 atom stereocenters. The molecule has 370 valence electrons. The van der Waals surface area contributed by atoms with E-state index >= 15 is 4.79 Å². The van der Waals surface area contributed by atoms with E-state index in [1.54, 1.807) is 20.2 Å². The normalized spacial score (nSPS) is 33.5. The average molecular weight is 933 g/mol. The van der Waals surface area contributed by atoms with Crippen molar-refractivity contribution in [3.63, 3.8) is 0 Å². The summed E-state index contributed by atoms with van der Waals surface area (Å²) in [6.07, 6.45) is 25.8. The standard InChI is InChI=1S/C57H80N4O7/c1-6-8-9-10-28-67-52(64)31-40-23-26-55(35-40,37-58-3)68-50-34-44-33-47(53(50)65)61-54(59-4)60-27-13-16-42-14-11-24-56(42,36-39-18-21-48(62)49(30-39)66-5)51(63)22-20-46-45-29-38(7-2)17-19-41(45)32-43-15-12-25-57(43,44)46/h17-22,30,33-34,38,40-43,45-46,52,58,62,64-65H,6-12,14-16,23-26,28-29,31-32,35-37H2,1-5H3,(H2,59,60,61)/b22-20+/t38-,40+,41+,42-,43+,45+,46-,52-,55+,56+,57+/m0/s1. The molecule has 0 radical (unpaired) electrons. The average Bonchev–Trinajstić information content (AvgIpc) is 4.07. The highest BCUT2D eigenvalue weighted by molar-refractivity contribution is 5.97. The van der Waals surface area contributed by atoms with Gasteiger partial charge < -0.3 is 40.2 Å². The maximum absolute atomic E-state index is 15.5. The molecule has 68 heavy (non-hydrogen) atoms. The largest absolute Gasteiger partial charge is 0.504 e. The second-order valence-corrected chi connectivity index (χ2v) is 21.4. The van der Waals surface area contributed by atoms with Gasteiger partial charge in [-0.15, -0.1) is 0 Å². The number of guanidine groups is 1. The highest BCUT2D eigenvalue weighted by Gasteiger charge is 2.57. The highest BCUT2D eigenvalue weighted by Crippen LogP contribution is 2.64. The number of ether oxygens (including phenoxy) is 3. The number of fused-ring (bicyclic) bond motifs is 5. The van der Waals surface area contributed by atoms with Gasteiger partial charge in [-0.25, -0.2) is 0 Å². The second kappa shape index (κ2) is 22.1. The van der Waals surface area contributed by atoms with Gasteiger partial charge in [0.05, 0.1) is 12.8 Å². The number of rotatable bonds is 16. The molecule has 6 aliphatic rings. The highest BCUT2D eigenvalue weighted by atomic mass is 16.6. The Hall–Kier alpha value is -4.50. The third-order valence-corrected chi connectivity index (χ3v) is 17.5. The first-order valence-corrected chi connectivity index (χ1v) is 26.3. The van der Waals surface area contributed by atoms with Crippen LogP contribution in [0.3, 0.4) is 0 Å². The predicted molar refractivity (Wildman–Crippen MR) is 270 cm³/mol. The Morgan fingerprint density at radius 3 is 2.60 bits per heavy atom. The van der Waals surface area contributed by atoms with Gasteiger partial charge in [0.15, 0.2) is 35.1 Å². The SMILES string of the molecule is CCCCCCO[C@H](O)C[C@H]1CC[C@@](CNC)(Oc2cc3cc(c2O)NC(=NC)NC#CC[C@@H]2CCC[C@]2(Cc2ccc(O)c(OC)c2)C(=O)/C=C/[C@H]2[C@@H]4C[C@@H](CC)C=C[C@@H]4C[C@H]4CCC[C@]342)C1. The quantitative estimate of drug-likeness (QED) is 0.0315. The monoisotopic (exact) mass is 933 g/mol. The Balaban J connectivity index is 1.21. The minimum Gasteiger partial charge on any atom is -0.504 e. The van der Waals surface area contributed by atoms with Crippen LogP contribution in [0.5, 0.6) is 23.0 Å². The molecule has 5 aliphatic carbocycles. The molecule has 11 nitrogen and oxygen atoms in total. The van der Waals surface area contributed by atoms with Crippen LogP contribution in [0.15, 0.2) is 59.6 Å². The molecule has 0 aromatic heterocycles. The number of anilines is 1. The number of carbonyl (C=O) groups is 1. The summed E-state index contributed by atoms with van der Waals surface area (Å²) in [4.78, 5) is 20.0. The van der Waals surface area contributed by atoms with Crippen molar-refractivity contribution in [2.24, 2.45) is 51.8 Å². The number of phenols is 2. The number of ketones is 1. The molecule has 2 bridgehead atoms. The molecule has 8 rings (SSSR count). The van der Waals surface area contributed by atoms with Gasteiger partial charge in [0.25, 0.3) is 0 Å². The third-order valence-electron chi connectivity index (χ3n) is 17.5. The van der Waals surface area contributed by atoms with Gasteiger partial charge in [0, 0.05) is 49.9 Å². The number of hydrogen-bond acceptors (Lipinski definition) is 9. The molecule has 11 heteroatoms. The topological polar surface area (TPSA) is 154 Å². The number of aliphatic hydroxyl groups excluding tert-OH is 1. The number of methoxy groups -OCH3 is 1. The number of hydrogen-bond donors (Lipinski definition) is 6. The second-order valence-electron chi connectivity index (χ2n) is 21.4. The zero-order valence-electron chi connectivity index (χ0n) is 41.6. The first-order chi connectivity index (χ1) is 33.0. The molecule has 0 saturated heterocycles. The van der Waals surface area contributed by atoms with E-state index in [1.165, 1.54) is 6.42 Å². The maximum Gasteiger partial charge on any atom is 0.207 e. The number of carbonyl (C=O) groups excluding carboxylic acids is 1. The zero-order valence-corrected chi connectivity index (χ0v) is 41.6. The van der Waals surface area contributed by atoms with Gasteiger partial charge in [-0.05, 0) is 167 Å². The third kappa shape index (κ3) is 10.3. The summed E-state index contributed by atoms with van der Waals surface area (Å²) in [6, 6.07) is 12.9. The number of nitrogens with zero attached hydrogens (tertiary/aromatic N) is 1. The molecule has 4 saturated carbocycles. The summed E-state index contributed by atoms with van der Waals surface area (Å²) in [5, 5.41) is 44.0. The van der Waals surface area contributed by atoms with Crippen LogP contribution in [-0.2, 0) is 21.4 Å². The fraction of sp³-hybridized carbons (Fsp3) is 0.649. The number of aliphatic hydroxyl groups is 1. The summed E-state index contributed by atoms with van der Waals surface area (Å²) in [7, 11) is 5.21. The number of phenolic OH excluding ortho intramolecular Hbond substituents is 2. The van der Waals surface area contributed by atoms with Crippen molar-refractivity contribution in [3.8, 4) is 35.0 Å². The number of unbranched alkanes of at least 4 members (excludes halogenated alkanes) is 3. The van der Waals surface area contributed by atoms with Crippen LogP contribution in [0.25, 0.3) is 0 Å². The van der Waals surface area contributed by atoms with Crippen LogP contribution in [0, 0.1) is 58.8 Å². The van der Waals surface area contributed by atoms with E-state index in [0.29, 0.717) is 85.7 Å². The lowest BCUT2D eigenvalue weighted by atomic mass is 9.50. The van der Waals surface area contributed by atoms with E-state index in [-0.39, 0.29) is 40.5 Å². The van der Waals surface area contributed by atoms with Crippen LogP contribution in [0.2, 0.25) is 0 Å². The van der Waals surface area contributed by atoms with Crippen LogP contribution in [0.4, 0.5) is 5.69 Å². The first kappa shape index (κ1) is 49.9. The smallest absolute Gasteiger partial charge is 0.207 e. The van der Waals surface area contributed by atoms with E-state index in [1.807, 2.05) is 25.3 Å². The summed E-state index contributed by atoms with van der Waals surface area (Å²) < 4.78 is 18.7. The van der Waals surface area contributed by atoms with Crippen molar-refractivity contribution in [1.82, 2.24) is 10.6 Å². The lowest BCUT2D eigenvalue weighted by molar-refractivity contribution is -0.125. The molecule has 0 unspecified atom stereocenters. The Bertz CT molecular complexity index is 2230. The minimum absolute atomic E-state index is 0.0222. The molecule has 1 heterocycles. The van der Waals surface area contributed by atoms with Crippen LogP contribution >= 0.6 is 0 Å². The Labute approximate surface area is 406 Å². The molecule has 1 spiro atoms. The van der Waals surface area contributed by atoms with Crippen molar-refractivity contribution in [1.29, 1.82) is 0 Å². The predicted octanol–water partition coefficient (Wildman–Crippen LogP) is 10.3. The van der Waals surface area contributed by atoms with E-state index in [9.17, 15) is 15.3 Å². The number of nitrogens with one attached hydrogen (secondary N) is 3. The number of allylic oxidation sites excluding steroid dienone is 4. The molecule has 6 N–H and O–H groups in total. The Kier molecular flexibility index (Phi) is 16.2. The molecule has 0 amide bonds. The van der Waals surface area contributed by atoms with Crippen LogP contribution in [0.1, 0.15) is 141 Å². The van der Waals surface area contributed by atoms with Crippen LogP contribution in [-0.4, -0.2) is 73.3 Å². The first-order valence-electron chi connectivity index (χ1n) is 26.3. The lowest BCUT2D eigenvalue weighted by Crippen LogP contribution is -2.50. The molecule has 1 aliphatic heterocycles. The lowest BCUT2D eigenvalue weighted by Gasteiger charge is -2.54. The van der Waals surface area contributed by atoms with Gasteiger partial charge in [-0.3, -0.25) is 15.1 Å². The van der Waals surface area contributed by atoms with Gasteiger partial charge >= 0.3 is 0 Å². The zero-order chi connectivity index (χ0) is 47.9. The number of aliphatic imine (C=N–C) groups is 1. The Morgan fingerprint density at radius 1 is 0.971 bits per heavy atom. The van der Waals surface area contributed by atoms with E-state index < -0.39 is 17.3 Å². The van der Waals surface area contributed by atoms with Crippen molar-refractivity contribution in [3.05, 3.63) is 65.8 Å². The summed E-state index contributed by atoms with van der Waals surface area (Å²) in [5.74, 6) is 6.73.